The Morgan fingerprint density at radius 3 is 2.48 bits per heavy atom. The second kappa shape index (κ2) is 7.77. The van der Waals surface area contributed by atoms with Crippen molar-refractivity contribution in [3.8, 4) is 0 Å². The van der Waals surface area contributed by atoms with E-state index >= 15 is 0 Å². The third-order valence-electron chi connectivity index (χ3n) is 3.33. The Kier molecular flexibility index (Phi) is 5.73. The van der Waals surface area contributed by atoms with E-state index in [0.29, 0.717) is 5.56 Å². The van der Waals surface area contributed by atoms with Gasteiger partial charge in [0.05, 0.1) is 36.8 Å². The van der Waals surface area contributed by atoms with Crippen molar-refractivity contribution < 1.29 is 23.2 Å². The first-order valence-corrected chi connectivity index (χ1v) is 8.53. The molecule has 0 aliphatic carbocycles. The fourth-order valence-corrected chi connectivity index (χ4v) is 3.71. The van der Waals surface area contributed by atoms with Crippen molar-refractivity contribution in [2.75, 3.05) is 11.4 Å². The van der Waals surface area contributed by atoms with Crippen LogP contribution in [0.2, 0.25) is 0 Å². The SMILES string of the molecule is CO/C=C/N(c1ccccc1CO)S(=O)(=O)c1ccccc1[N+](=O)[O-]. The average molecular weight is 364 g/mol. The Hall–Kier alpha value is -2.91. The van der Waals surface area contributed by atoms with Crippen molar-refractivity contribution in [2.24, 2.45) is 0 Å². The molecule has 1 N–H and O–H groups in total. The van der Waals surface area contributed by atoms with Gasteiger partial charge in [-0.3, -0.25) is 10.1 Å². The molecule has 2 aromatic rings. The normalized spacial score (nSPS) is 11.4. The highest BCUT2D eigenvalue weighted by atomic mass is 32.2. The number of nitro groups is 1. The van der Waals surface area contributed by atoms with Crippen LogP contribution < -0.4 is 4.31 Å². The summed E-state index contributed by atoms with van der Waals surface area (Å²) >= 11 is 0. The first kappa shape index (κ1) is 18.4. The number of benzene rings is 2. The third kappa shape index (κ3) is 3.78. The summed E-state index contributed by atoms with van der Waals surface area (Å²) in [7, 11) is -2.98. The molecule has 2 rings (SSSR count). The summed E-state index contributed by atoms with van der Waals surface area (Å²) in [4.78, 5) is 9.98. The molecule has 9 heteroatoms. The molecule has 0 aliphatic rings. The van der Waals surface area contributed by atoms with Crippen LogP contribution in [0.1, 0.15) is 5.56 Å². The lowest BCUT2D eigenvalue weighted by atomic mass is 10.2. The molecule has 0 radical (unpaired) electrons. The van der Waals surface area contributed by atoms with Crippen molar-refractivity contribution in [1.29, 1.82) is 0 Å². The third-order valence-corrected chi connectivity index (χ3v) is 5.07. The number of nitrogens with zero attached hydrogens (tertiary/aromatic N) is 2. The summed E-state index contributed by atoms with van der Waals surface area (Å²) in [6.45, 7) is -0.403. The predicted octanol–water partition coefficient (Wildman–Crippen LogP) is 2.40. The van der Waals surface area contributed by atoms with Crippen LogP contribution in [0.5, 0.6) is 0 Å². The number of aliphatic hydroxyl groups excluding tert-OH is 1. The van der Waals surface area contributed by atoms with Gasteiger partial charge >= 0.3 is 0 Å². The molecule has 25 heavy (non-hydrogen) atoms. The van der Waals surface area contributed by atoms with Crippen molar-refractivity contribution in [3.63, 3.8) is 0 Å². The molecule has 8 nitrogen and oxygen atoms in total. The van der Waals surface area contributed by atoms with Gasteiger partial charge in [0.15, 0.2) is 4.90 Å². The van der Waals surface area contributed by atoms with E-state index in [1.54, 1.807) is 18.2 Å². The molecule has 0 aliphatic heterocycles. The smallest absolute Gasteiger partial charge is 0.289 e. The van der Waals surface area contributed by atoms with Gasteiger partial charge in [-0.2, -0.15) is 0 Å². The molecule has 2 aromatic carbocycles. The maximum absolute atomic E-state index is 13.1. The summed E-state index contributed by atoms with van der Waals surface area (Å²) in [5.74, 6) is 0. The summed E-state index contributed by atoms with van der Waals surface area (Å²) in [6, 6.07) is 11.3. The highest BCUT2D eigenvalue weighted by molar-refractivity contribution is 7.93. The maximum atomic E-state index is 13.1. The quantitative estimate of drug-likeness (QED) is 0.459. The van der Waals surface area contributed by atoms with E-state index in [-0.39, 0.29) is 5.69 Å². The van der Waals surface area contributed by atoms with E-state index in [9.17, 15) is 23.6 Å². The zero-order chi connectivity index (χ0) is 18.4. The minimum Gasteiger partial charge on any atom is -0.503 e. The van der Waals surface area contributed by atoms with E-state index in [1.807, 2.05) is 0 Å². The van der Waals surface area contributed by atoms with Crippen LogP contribution in [-0.2, 0) is 21.4 Å². The van der Waals surface area contributed by atoms with Crippen LogP contribution in [-0.4, -0.2) is 25.6 Å². The largest absolute Gasteiger partial charge is 0.503 e. The minimum absolute atomic E-state index is 0.163. The van der Waals surface area contributed by atoms with Gasteiger partial charge in [-0.05, 0) is 12.1 Å². The number of hydrogen-bond acceptors (Lipinski definition) is 6. The number of hydrogen-bond donors (Lipinski definition) is 1. The molecule has 0 saturated heterocycles. The lowest BCUT2D eigenvalue weighted by Crippen LogP contribution is -2.27. The van der Waals surface area contributed by atoms with Gasteiger partial charge < -0.3 is 9.84 Å². The van der Waals surface area contributed by atoms with Crippen molar-refractivity contribution in [3.05, 3.63) is 76.7 Å². The standard InChI is InChI=1S/C16H16N2O6S/c1-24-11-10-17(14-7-3-2-6-13(14)12-19)25(22,23)16-9-5-4-8-15(16)18(20)21/h2-11,19H,12H2,1H3/b11-10+. The Bertz CT molecular complexity index is 895. The molecule has 0 unspecified atom stereocenters. The van der Waals surface area contributed by atoms with Gasteiger partial charge in [0.1, 0.15) is 0 Å². The maximum Gasteiger partial charge on any atom is 0.289 e. The van der Waals surface area contributed by atoms with Crippen LogP contribution in [0, 0.1) is 10.1 Å². The predicted molar refractivity (Wildman–Crippen MR) is 91.3 cm³/mol. The first-order chi connectivity index (χ1) is 11.9. The van der Waals surface area contributed by atoms with E-state index in [2.05, 4.69) is 0 Å². The van der Waals surface area contributed by atoms with Crippen LogP contribution in [0.15, 0.2) is 65.9 Å². The minimum atomic E-state index is -4.32. The van der Waals surface area contributed by atoms with Crippen molar-refractivity contribution in [2.45, 2.75) is 11.5 Å². The van der Waals surface area contributed by atoms with Crippen molar-refractivity contribution in [1.82, 2.24) is 0 Å². The molecule has 0 atom stereocenters. The number of aliphatic hydroxyl groups is 1. The lowest BCUT2D eigenvalue weighted by Gasteiger charge is -2.22. The number of methoxy groups -OCH3 is 1. The summed E-state index contributed by atoms with van der Waals surface area (Å²) in [5, 5.41) is 20.7. The number of nitro benzene ring substituents is 1. The molecule has 0 amide bonds. The topological polar surface area (TPSA) is 110 Å². The van der Waals surface area contributed by atoms with Gasteiger partial charge in [0.25, 0.3) is 15.7 Å². The Balaban J connectivity index is 2.70. The van der Waals surface area contributed by atoms with Gasteiger partial charge in [0.2, 0.25) is 0 Å². The number of para-hydroxylation sites is 2. The van der Waals surface area contributed by atoms with Gasteiger partial charge in [-0.15, -0.1) is 0 Å². The number of anilines is 1. The molecular formula is C16H16N2O6S. The van der Waals surface area contributed by atoms with E-state index in [1.165, 1.54) is 25.3 Å². The average Bonchev–Trinajstić information content (AvgIpc) is 2.62. The molecule has 132 valence electrons. The molecule has 0 fully saturated rings. The first-order valence-electron chi connectivity index (χ1n) is 7.09. The molecule has 0 aromatic heterocycles. The monoisotopic (exact) mass is 364 g/mol. The zero-order valence-electron chi connectivity index (χ0n) is 13.3. The van der Waals surface area contributed by atoms with Gasteiger partial charge in [-0.25, -0.2) is 12.7 Å². The fourth-order valence-electron chi connectivity index (χ4n) is 2.20. The van der Waals surface area contributed by atoms with E-state index in [0.717, 1.165) is 28.9 Å². The Morgan fingerprint density at radius 1 is 1.20 bits per heavy atom. The Morgan fingerprint density at radius 2 is 1.84 bits per heavy atom. The molecule has 0 spiro atoms. The number of rotatable bonds is 7. The number of sulfonamides is 1. The van der Waals surface area contributed by atoms with E-state index < -0.39 is 32.1 Å². The second-order valence-corrected chi connectivity index (χ2v) is 6.62. The molecule has 0 bridgehead atoms. The van der Waals surface area contributed by atoms with Crippen LogP contribution in [0.3, 0.4) is 0 Å². The summed E-state index contributed by atoms with van der Waals surface area (Å²) in [6.07, 6.45) is 2.25. The Labute approximate surface area is 144 Å². The van der Waals surface area contributed by atoms with Crippen LogP contribution in [0.25, 0.3) is 0 Å². The van der Waals surface area contributed by atoms with E-state index in [4.69, 9.17) is 4.74 Å². The zero-order valence-corrected chi connectivity index (χ0v) is 14.1. The van der Waals surface area contributed by atoms with Crippen LogP contribution >= 0.6 is 0 Å². The van der Waals surface area contributed by atoms with Crippen molar-refractivity contribution >= 4 is 21.4 Å². The summed E-state index contributed by atoms with van der Waals surface area (Å²) < 4.78 is 31.8. The summed E-state index contributed by atoms with van der Waals surface area (Å²) in [5.41, 5.74) is -0.0401. The highest BCUT2D eigenvalue weighted by Crippen LogP contribution is 2.32. The highest BCUT2D eigenvalue weighted by Gasteiger charge is 2.31. The van der Waals surface area contributed by atoms with Gasteiger partial charge in [0, 0.05) is 11.6 Å². The number of ether oxygens (including phenoxy) is 1. The lowest BCUT2D eigenvalue weighted by molar-refractivity contribution is -0.387. The van der Waals surface area contributed by atoms with Gasteiger partial charge in [-0.1, -0.05) is 30.3 Å². The molecule has 0 saturated carbocycles. The fraction of sp³-hybridized carbons (Fsp3) is 0.125. The molecule has 0 heterocycles. The van der Waals surface area contributed by atoms with Crippen LogP contribution in [0.4, 0.5) is 11.4 Å². The molecular weight excluding hydrogens is 348 g/mol. The second-order valence-electron chi connectivity index (χ2n) is 4.83.